The first-order chi connectivity index (χ1) is 63.5. The van der Waals surface area contributed by atoms with Gasteiger partial charge in [0.05, 0.1) is 88.9 Å². The highest BCUT2D eigenvalue weighted by Crippen LogP contribution is 2.48. The quantitative estimate of drug-likeness (QED) is 0.138. The molecule has 0 amide bonds. The molecule has 0 radical (unpaired) electrons. The van der Waals surface area contributed by atoms with Crippen LogP contribution in [0.3, 0.4) is 0 Å². The van der Waals surface area contributed by atoms with Gasteiger partial charge in [-0.15, -0.1) is 0 Å². The van der Waals surface area contributed by atoms with Gasteiger partial charge in [-0.3, -0.25) is 0 Å². The van der Waals surface area contributed by atoms with Crippen molar-refractivity contribution >= 4 is 185 Å². The van der Waals surface area contributed by atoms with E-state index in [4.69, 9.17) is 0 Å². The van der Waals surface area contributed by atoms with Gasteiger partial charge >= 0.3 is 0 Å². The molecule has 0 atom stereocenters. The number of benzene rings is 22. The fourth-order valence-electron chi connectivity index (χ4n) is 21.6. The number of hydrogen-bond acceptors (Lipinski definition) is 0. The van der Waals surface area contributed by atoms with Crippen molar-refractivity contribution in [1.82, 2.24) is 27.4 Å². The van der Waals surface area contributed by atoms with E-state index in [2.05, 4.69) is 488 Å². The maximum atomic E-state index is 2.50. The maximum Gasteiger partial charge on any atom is 0.0562 e. The molecule has 0 fully saturated rings. The van der Waals surface area contributed by atoms with Gasteiger partial charge in [-0.05, 0) is 211 Å². The Morgan fingerprint density at radius 3 is 0.727 bits per heavy atom. The largest absolute Gasteiger partial charge is 0.309 e. The number of rotatable bonds is 9. The molecule has 28 rings (SSSR count). The minimum atomic E-state index is 1.14. The number of aromatic nitrogens is 6. The van der Waals surface area contributed by atoms with Crippen LogP contribution in [0.25, 0.3) is 252 Å². The van der Waals surface area contributed by atoms with E-state index in [9.17, 15) is 0 Å². The molecule has 128 heavy (non-hydrogen) atoms. The first-order valence-corrected chi connectivity index (χ1v) is 44.2. The Kier molecular flexibility index (Phi) is 15.8. The Morgan fingerprint density at radius 1 is 0.102 bits per heavy atom. The molecule has 0 N–H and O–H groups in total. The molecule has 22 aromatic carbocycles. The molecule has 6 aromatic heterocycles. The number of fused-ring (bicyclic) bond motifs is 23. The van der Waals surface area contributed by atoms with E-state index >= 15 is 0 Å². The Labute approximate surface area is 735 Å². The third-order valence-corrected chi connectivity index (χ3v) is 27.4. The summed E-state index contributed by atoms with van der Waals surface area (Å²) in [5.41, 5.74) is 28.6. The summed E-state index contributed by atoms with van der Waals surface area (Å²) < 4.78 is 14.8. The van der Waals surface area contributed by atoms with Crippen LogP contribution in [-0.4, -0.2) is 27.4 Å². The third kappa shape index (κ3) is 10.9. The fraction of sp³-hybridized carbons (Fsp3) is 0. The fourth-order valence-corrected chi connectivity index (χ4v) is 21.6. The first kappa shape index (κ1) is 71.5. The molecule has 0 saturated heterocycles. The van der Waals surface area contributed by atoms with E-state index < -0.39 is 0 Å². The van der Waals surface area contributed by atoms with Gasteiger partial charge in [-0.1, -0.05) is 315 Å². The predicted molar refractivity (Wildman–Crippen MR) is 543 cm³/mol. The lowest BCUT2D eigenvalue weighted by molar-refractivity contribution is 1.17. The van der Waals surface area contributed by atoms with Crippen LogP contribution < -0.4 is 0 Å². The van der Waals surface area contributed by atoms with E-state index in [-0.39, 0.29) is 0 Å². The van der Waals surface area contributed by atoms with Crippen LogP contribution in [0, 0.1) is 0 Å². The van der Waals surface area contributed by atoms with Gasteiger partial charge in [0.2, 0.25) is 0 Å². The van der Waals surface area contributed by atoms with Gasteiger partial charge in [0.25, 0.3) is 0 Å². The second-order valence-electron chi connectivity index (χ2n) is 34.2. The lowest BCUT2D eigenvalue weighted by atomic mass is 10.00. The molecule has 28 aromatic rings. The highest BCUT2D eigenvalue weighted by atomic mass is 15.0. The van der Waals surface area contributed by atoms with Gasteiger partial charge in [0.1, 0.15) is 0 Å². The van der Waals surface area contributed by atoms with Crippen LogP contribution in [-0.2, 0) is 0 Å². The number of para-hydroxylation sites is 4. The highest BCUT2D eigenvalue weighted by molar-refractivity contribution is 6.23. The van der Waals surface area contributed by atoms with Crippen LogP contribution >= 0.6 is 0 Å². The van der Waals surface area contributed by atoms with Crippen LogP contribution in [0.4, 0.5) is 0 Å². The van der Waals surface area contributed by atoms with E-state index in [1.165, 1.54) is 241 Å². The monoisotopic (exact) mass is 1620 g/mol. The molecule has 6 heterocycles. The molecule has 0 aliphatic carbocycles. The van der Waals surface area contributed by atoms with Crippen molar-refractivity contribution in [2.75, 3.05) is 0 Å². The minimum Gasteiger partial charge on any atom is -0.309 e. The lowest BCUT2D eigenvalue weighted by Crippen LogP contribution is -1.97. The zero-order valence-electron chi connectivity index (χ0n) is 69.6. The summed E-state index contributed by atoms with van der Waals surface area (Å²) in [4.78, 5) is 0. The summed E-state index contributed by atoms with van der Waals surface area (Å²) in [6.07, 6.45) is 0. The molecular weight excluding hydrogens is 1550 g/mol. The number of nitrogens with zero attached hydrogens (tertiary/aromatic N) is 6. The second kappa shape index (κ2) is 28.2. The van der Waals surface area contributed by atoms with Gasteiger partial charge in [0.15, 0.2) is 0 Å². The number of hydrogen-bond donors (Lipinski definition) is 0. The van der Waals surface area contributed by atoms with Gasteiger partial charge in [-0.2, -0.15) is 0 Å². The van der Waals surface area contributed by atoms with Crippen molar-refractivity contribution in [2.24, 2.45) is 0 Å². The molecular formula is C122H76N6. The topological polar surface area (TPSA) is 29.6 Å². The zero-order valence-corrected chi connectivity index (χ0v) is 69.6. The predicted octanol–water partition coefficient (Wildman–Crippen LogP) is 32.7. The molecule has 6 heteroatoms. The normalized spacial score (nSPS) is 12.1. The molecule has 0 aliphatic rings. The van der Waals surface area contributed by atoms with E-state index in [1.54, 1.807) is 0 Å². The Hall–Kier alpha value is -17.1. The first-order valence-electron chi connectivity index (χ1n) is 44.2. The molecule has 0 saturated carbocycles. The van der Waals surface area contributed by atoms with Crippen molar-refractivity contribution in [3.05, 3.63) is 461 Å². The standard InChI is InChI=1S/C62H39N3.C60H37N3/c1-2-14-40(15-3-1)41-28-32-46(33-29-41)63-57-24-10-8-23-50(57)53-38-54-52-37-45(31-35-60(52)65(62(54)39-61(53)63)56-27-13-19-43-17-5-7-21-48(43)56)44-30-34-59-51(36-44)49-22-9-11-25-58(49)64(59)55-26-12-18-42-16-4-6-20-47(42)55;1-2-16-41-33-44(30-27-38(41)13-1)61-55-23-9-7-22-48(55)51-36-52-50-35-43(29-32-58(50)63(60(52)37-59(51)61)54-26-12-18-40-15-4-6-20-46(40)54)42-28-31-57-49(34-42)47-21-8-10-24-56(47)62(57)53-25-11-17-39-14-3-5-19-45(39)53/h1-39H;1-37H. The average molecular weight is 1630 g/mol. The van der Waals surface area contributed by atoms with Crippen LogP contribution in [0.5, 0.6) is 0 Å². The SMILES string of the molecule is c1ccc(-c2ccc(-n3c4ccccc4c4cc5c6cc(-c7ccc8c(c7)c7ccccc7n8-c7cccc8ccccc78)ccc6n(-c6cccc7ccccc67)c5cc43)cc2)cc1.c1ccc2cc(-n3c4ccccc4c4cc5c6cc(-c7ccc8c(c7)c7ccccc7n8-c7cccc8ccccc78)ccc6n(-c6cccc7ccccc67)c5cc43)ccc2c1. The summed E-state index contributed by atoms with van der Waals surface area (Å²) in [6, 6.07) is 170. The van der Waals surface area contributed by atoms with E-state index in [0.29, 0.717) is 0 Å². The summed E-state index contributed by atoms with van der Waals surface area (Å²) in [6.45, 7) is 0. The summed E-state index contributed by atoms with van der Waals surface area (Å²) >= 11 is 0. The van der Waals surface area contributed by atoms with E-state index in [0.717, 1.165) is 11.4 Å². The molecule has 6 nitrogen and oxygen atoms in total. The van der Waals surface area contributed by atoms with Crippen molar-refractivity contribution in [3.63, 3.8) is 0 Å². The smallest absolute Gasteiger partial charge is 0.0562 e. The van der Waals surface area contributed by atoms with Crippen molar-refractivity contribution in [1.29, 1.82) is 0 Å². The average Bonchev–Trinajstić information content (AvgIpc) is 1.55. The Balaban J connectivity index is 0.000000132. The van der Waals surface area contributed by atoms with Crippen LogP contribution in [0.2, 0.25) is 0 Å². The van der Waals surface area contributed by atoms with Crippen LogP contribution in [0.1, 0.15) is 0 Å². The van der Waals surface area contributed by atoms with Crippen molar-refractivity contribution < 1.29 is 0 Å². The Bertz CT molecular complexity index is 9510. The molecule has 0 unspecified atom stereocenters. The molecule has 0 spiro atoms. The molecule has 594 valence electrons. The van der Waals surface area contributed by atoms with E-state index in [1.807, 2.05) is 0 Å². The Morgan fingerprint density at radius 2 is 0.344 bits per heavy atom. The maximum absolute atomic E-state index is 2.50. The third-order valence-electron chi connectivity index (χ3n) is 27.4. The zero-order chi connectivity index (χ0) is 83.8. The lowest BCUT2D eigenvalue weighted by Gasteiger charge is -2.13. The second-order valence-corrected chi connectivity index (χ2v) is 34.2. The summed E-state index contributed by atoms with van der Waals surface area (Å²) in [5, 5.41) is 27.3. The van der Waals surface area contributed by atoms with Crippen molar-refractivity contribution in [3.8, 4) is 67.5 Å². The molecule has 0 bridgehead atoms. The summed E-state index contributed by atoms with van der Waals surface area (Å²) in [7, 11) is 0. The van der Waals surface area contributed by atoms with Gasteiger partial charge in [0, 0.05) is 97.6 Å². The minimum absolute atomic E-state index is 1.14. The summed E-state index contributed by atoms with van der Waals surface area (Å²) in [5.74, 6) is 0. The van der Waals surface area contributed by atoms with Crippen molar-refractivity contribution in [2.45, 2.75) is 0 Å². The van der Waals surface area contributed by atoms with Crippen LogP contribution in [0.15, 0.2) is 461 Å². The molecule has 0 aliphatic heterocycles. The van der Waals surface area contributed by atoms with Gasteiger partial charge in [-0.25, -0.2) is 0 Å². The highest BCUT2D eigenvalue weighted by Gasteiger charge is 2.26. The van der Waals surface area contributed by atoms with Gasteiger partial charge < -0.3 is 27.4 Å².